The molecule has 0 atom stereocenters. The number of pyridine rings is 2. The van der Waals surface area contributed by atoms with Crippen LogP contribution in [0.1, 0.15) is 54.1 Å². The maximum atomic E-state index is 11.8. The summed E-state index contributed by atoms with van der Waals surface area (Å²) in [4.78, 5) is 31.3. The highest BCUT2D eigenvalue weighted by molar-refractivity contribution is 6.32. The number of methoxy groups -OCH3 is 1. The molecule has 3 aromatic carbocycles. The minimum atomic E-state index is 0.103. The van der Waals surface area contributed by atoms with Crippen LogP contribution in [0.4, 0.5) is 0 Å². The molecule has 5 rings (SSSR count). The van der Waals surface area contributed by atoms with E-state index in [1.54, 1.807) is 30.5 Å². The predicted octanol–water partition coefficient (Wildman–Crippen LogP) is 7.66. The molecule has 5 aromatic rings. The van der Waals surface area contributed by atoms with Gasteiger partial charge in [0.15, 0.2) is 12.6 Å². The monoisotopic (exact) mass is 647 g/mol. The van der Waals surface area contributed by atoms with Gasteiger partial charge in [0, 0.05) is 30.1 Å². The van der Waals surface area contributed by atoms with Gasteiger partial charge in [-0.15, -0.1) is 0 Å². The van der Waals surface area contributed by atoms with Crippen molar-refractivity contribution >= 4 is 24.2 Å². The van der Waals surface area contributed by atoms with Gasteiger partial charge in [-0.1, -0.05) is 48.0 Å². The van der Waals surface area contributed by atoms with Gasteiger partial charge in [0.2, 0.25) is 11.8 Å². The standard InChI is InChI=1S/C37H30ClN3O6/c1-23-28(21-46-35-14-34(30(19-43)13-33(35)38)45-20-26-12-25(15-39)16-40-17-26)6-4-8-31(23)32-9-5-7-29(24(32)2)22-47-36-11-10-27(18-42)37(41-36)44-3/h4-14,16-19H,20-22H2,1-3H3. The second-order valence-corrected chi connectivity index (χ2v) is 11.0. The first-order valence-corrected chi connectivity index (χ1v) is 14.9. The maximum Gasteiger partial charge on any atom is 0.227 e. The van der Waals surface area contributed by atoms with E-state index >= 15 is 0 Å². The van der Waals surface area contributed by atoms with Gasteiger partial charge in [-0.3, -0.25) is 14.6 Å². The molecule has 9 nitrogen and oxygen atoms in total. The third-order valence-corrected chi connectivity index (χ3v) is 7.93. The number of rotatable bonds is 13. The second kappa shape index (κ2) is 15.0. The summed E-state index contributed by atoms with van der Waals surface area (Å²) in [5.74, 6) is 1.23. The molecule has 236 valence electrons. The molecule has 10 heteroatoms. The fourth-order valence-corrected chi connectivity index (χ4v) is 5.23. The van der Waals surface area contributed by atoms with Crippen LogP contribution in [0, 0.1) is 25.2 Å². The molecule has 0 aliphatic rings. The van der Waals surface area contributed by atoms with Crippen molar-refractivity contribution in [2.24, 2.45) is 0 Å². The molecule has 0 spiro atoms. The van der Waals surface area contributed by atoms with Gasteiger partial charge in [-0.25, -0.2) is 0 Å². The molecule has 0 bridgehead atoms. The minimum absolute atomic E-state index is 0.103. The lowest BCUT2D eigenvalue weighted by molar-refractivity contribution is 0.111. The third-order valence-electron chi connectivity index (χ3n) is 7.63. The lowest BCUT2D eigenvalue weighted by Gasteiger charge is -2.17. The normalized spacial score (nSPS) is 10.5. The number of aromatic nitrogens is 2. The van der Waals surface area contributed by atoms with Crippen molar-refractivity contribution in [1.82, 2.24) is 9.97 Å². The van der Waals surface area contributed by atoms with Crippen LogP contribution in [0.5, 0.6) is 23.3 Å². The van der Waals surface area contributed by atoms with Crippen LogP contribution >= 0.6 is 11.6 Å². The highest BCUT2D eigenvalue weighted by atomic mass is 35.5. The molecule has 0 aliphatic carbocycles. The van der Waals surface area contributed by atoms with Gasteiger partial charge < -0.3 is 18.9 Å². The topological polar surface area (TPSA) is 121 Å². The Balaban J connectivity index is 1.32. The Kier molecular flexibility index (Phi) is 10.5. The van der Waals surface area contributed by atoms with E-state index in [0.29, 0.717) is 46.6 Å². The van der Waals surface area contributed by atoms with Crippen LogP contribution < -0.4 is 18.9 Å². The van der Waals surface area contributed by atoms with Crippen molar-refractivity contribution in [2.45, 2.75) is 33.7 Å². The molecule has 0 amide bonds. The summed E-state index contributed by atoms with van der Waals surface area (Å²) in [6.45, 7) is 4.68. The van der Waals surface area contributed by atoms with Gasteiger partial charge in [0.05, 0.1) is 28.8 Å². The van der Waals surface area contributed by atoms with E-state index in [0.717, 1.165) is 33.4 Å². The SMILES string of the molecule is COc1nc(OCc2cccc(-c3cccc(COc4cc(OCc5cncc(C#N)c5)c(C=O)cc4Cl)c3C)c2C)ccc1C=O. The van der Waals surface area contributed by atoms with Crippen molar-refractivity contribution in [3.8, 4) is 40.5 Å². The second-order valence-electron chi connectivity index (χ2n) is 10.5. The van der Waals surface area contributed by atoms with E-state index in [4.69, 9.17) is 35.8 Å². The summed E-state index contributed by atoms with van der Waals surface area (Å²) in [6, 6.07) is 22.1. The smallest absolute Gasteiger partial charge is 0.227 e. The molecule has 0 fully saturated rings. The number of hydrogen-bond acceptors (Lipinski definition) is 9. The fraction of sp³-hybridized carbons (Fsp3) is 0.162. The zero-order valence-corrected chi connectivity index (χ0v) is 26.7. The van der Waals surface area contributed by atoms with Gasteiger partial charge in [-0.2, -0.15) is 10.2 Å². The van der Waals surface area contributed by atoms with Gasteiger partial charge in [0.1, 0.15) is 37.4 Å². The molecule has 0 aliphatic heterocycles. The Morgan fingerprint density at radius 1 is 0.787 bits per heavy atom. The van der Waals surface area contributed by atoms with E-state index in [1.165, 1.54) is 19.4 Å². The minimum Gasteiger partial charge on any atom is -0.488 e. The van der Waals surface area contributed by atoms with Gasteiger partial charge in [0.25, 0.3) is 0 Å². The molecule has 0 unspecified atom stereocenters. The van der Waals surface area contributed by atoms with Crippen molar-refractivity contribution in [2.75, 3.05) is 7.11 Å². The van der Waals surface area contributed by atoms with E-state index in [9.17, 15) is 9.59 Å². The molecular formula is C37H30ClN3O6. The highest BCUT2D eigenvalue weighted by Gasteiger charge is 2.15. The number of nitriles is 1. The fourth-order valence-electron chi connectivity index (χ4n) is 5.00. The first kappa shape index (κ1) is 32.7. The first-order valence-electron chi connectivity index (χ1n) is 14.5. The largest absolute Gasteiger partial charge is 0.488 e. The molecule has 2 heterocycles. The summed E-state index contributed by atoms with van der Waals surface area (Å²) in [7, 11) is 1.45. The summed E-state index contributed by atoms with van der Waals surface area (Å²) < 4.78 is 23.2. The first-order chi connectivity index (χ1) is 22.8. The molecule has 2 aromatic heterocycles. The van der Waals surface area contributed by atoms with E-state index < -0.39 is 0 Å². The van der Waals surface area contributed by atoms with Crippen LogP contribution in [0.25, 0.3) is 11.1 Å². The van der Waals surface area contributed by atoms with Crippen LogP contribution in [0.3, 0.4) is 0 Å². The molecule has 0 radical (unpaired) electrons. The quantitative estimate of drug-likeness (QED) is 0.119. The van der Waals surface area contributed by atoms with Crippen molar-refractivity contribution in [1.29, 1.82) is 5.26 Å². The zero-order valence-electron chi connectivity index (χ0n) is 26.0. The Bertz CT molecular complexity index is 1990. The van der Waals surface area contributed by atoms with Crippen molar-refractivity contribution in [3.63, 3.8) is 0 Å². The zero-order chi connectivity index (χ0) is 33.3. The number of halogens is 1. The Hall–Kier alpha value is -5.72. The maximum absolute atomic E-state index is 11.8. The van der Waals surface area contributed by atoms with Crippen LogP contribution in [-0.2, 0) is 19.8 Å². The molecule has 47 heavy (non-hydrogen) atoms. The van der Waals surface area contributed by atoms with Crippen molar-refractivity contribution in [3.05, 3.63) is 129 Å². The van der Waals surface area contributed by atoms with Gasteiger partial charge >= 0.3 is 0 Å². The number of carbonyl (C=O) groups excluding carboxylic acids is 2. The number of hydrogen-bond donors (Lipinski definition) is 0. The number of carbonyl (C=O) groups is 2. The number of aldehydes is 2. The highest BCUT2D eigenvalue weighted by Crippen LogP contribution is 2.35. The Labute approximate surface area is 277 Å². The summed E-state index contributed by atoms with van der Waals surface area (Å²) in [5, 5.41) is 9.41. The van der Waals surface area contributed by atoms with E-state index in [-0.39, 0.29) is 36.3 Å². The molecule has 0 N–H and O–H groups in total. The van der Waals surface area contributed by atoms with Crippen LogP contribution in [-0.4, -0.2) is 29.7 Å². The van der Waals surface area contributed by atoms with Gasteiger partial charge in [-0.05, 0) is 65.4 Å². The summed E-state index contributed by atoms with van der Waals surface area (Å²) >= 11 is 6.49. The lowest BCUT2D eigenvalue weighted by Crippen LogP contribution is -2.04. The predicted molar refractivity (Wildman–Crippen MR) is 176 cm³/mol. The molecule has 0 saturated heterocycles. The average molecular weight is 648 g/mol. The van der Waals surface area contributed by atoms with Crippen LogP contribution in [0.2, 0.25) is 5.02 Å². The third kappa shape index (κ3) is 7.57. The number of ether oxygens (including phenoxy) is 4. The summed E-state index contributed by atoms with van der Waals surface area (Å²) in [6.07, 6.45) is 4.41. The van der Waals surface area contributed by atoms with Crippen molar-refractivity contribution < 1.29 is 28.5 Å². The number of nitrogens with zero attached hydrogens (tertiary/aromatic N) is 3. The Morgan fingerprint density at radius 3 is 2.09 bits per heavy atom. The van der Waals surface area contributed by atoms with E-state index in [1.807, 2.05) is 44.2 Å². The average Bonchev–Trinajstić information content (AvgIpc) is 3.10. The number of benzene rings is 3. The lowest BCUT2D eigenvalue weighted by atomic mass is 9.92. The van der Waals surface area contributed by atoms with Crippen LogP contribution in [0.15, 0.2) is 79.1 Å². The molecular weight excluding hydrogens is 618 g/mol. The Morgan fingerprint density at radius 2 is 1.45 bits per heavy atom. The molecule has 0 saturated carbocycles. The summed E-state index contributed by atoms with van der Waals surface area (Å²) in [5.41, 5.74) is 7.83. The van der Waals surface area contributed by atoms with E-state index in [2.05, 4.69) is 22.1 Å².